The van der Waals surface area contributed by atoms with Crippen LogP contribution in [0.4, 0.5) is 17.3 Å². The topological polar surface area (TPSA) is 71.0 Å². The summed E-state index contributed by atoms with van der Waals surface area (Å²) >= 11 is 0. The van der Waals surface area contributed by atoms with Gasteiger partial charge in [-0.1, -0.05) is 6.92 Å². The van der Waals surface area contributed by atoms with Crippen LogP contribution < -0.4 is 10.2 Å². The number of aromatic nitrogens is 3. The van der Waals surface area contributed by atoms with Crippen molar-refractivity contribution in [2.24, 2.45) is 5.92 Å². The average molecular weight is 349 g/mol. The Bertz CT molecular complexity index is 920. The van der Waals surface area contributed by atoms with Crippen LogP contribution in [0, 0.1) is 12.8 Å². The van der Waals surface area contributed by atoms with Gasteiger partial charge in [0.15, 0.2) is 0 Å². The molecule has 1 amide bonds. The number of pyridine rings is 1. The minimum Gasteiger partial charge on any atom is -0.325 e. The van der Waals surface area contributed by atoms with Crippen LogP contribution in [0.5, 0.6) is 0 Å². The van der Waals surface area contributed by atoms with Crippen molar-refractivity contribution in [3.63, 3.8) is 0 Å². The Morgan fingerprint density at radius 2 is 2.08 bits per heavy atom. The highest BCUT2D eigenvalue weighted by atomic mass is 16.1. The predicted octanol–water partition coefficient (Wildman–Crippen LogP) is 3.45. The largest absolute Gasteiger partial charge is 0.325 e. The molecule has 0 radical (unpaired) electrons. The average Bonchev–Trinajstić information content (AvgIpc) is 3.47. The maximum Gasteiger partial charge on any atom is 0.222 e. The zero-order valence-corrected chi connectivity index (χ0v) is 15.4. The number of fused-ring (bicyclic) bond motifs is 2. The lowest BCUT2D eigenvalue weighted by molar-refractivity contribution is -0.114. The monoisotopic (exact) mass is 349 g/mol. The Labute approximate surface area is 153 Å². The maximum absolute atomic E-state index is 11.4. The van der Waals surface area contributed by atoms with Crippen LogP contribution in [0.2, 0.25) is 0 Å². The van der Waals surface area contributed by atoms with Gasteiger partial charge in [0, 0.05) is 54.4 Å². The normalized spacial score (nSPS) is 24.5. The molecule has 5 rings (SSSR count). The van der Waals surface area contributed by atoms with E-state index in [1.807, 2.05) is 19.2 Å². The van der Waals surface area contributed by atoms with Crippen LogP contribution in [0.25, 0.3) is 0 Å². The quantitative estimate of drug-likeness (QED) is 0.919. The Kier molecular flexibility index (Phi) is 3.18. The molecule has 3 heterocycles. The van der Waals surface area contributed by atoms with Crippen LogP contribution >= 0.6 is 0 Å². The second kappa shape index (κ2) is 5.25. The van der Waals surface area contributed by atoms with Crippen molar-refractivity contribution in [1.82, 2.24) is 15.0 Å². The van der Waals surface area contributed by atoms with Gasteiger partial charge in [0.05, 0.1) is 5.69 Å². The van der Waals surface area contributed by atoms with E-state index in [0.717, 1.165) is 29.6 Å². The lowest BCUT2D eigenvalue weighted by atomic mass is 10.0. The molecule has 2 aliphatic carbocycles. The Morgan fingerprint density at radius 3 is 2.73 bits per heavy atom. The van der Waals surface area contributed by atoms with E-state index in [1.54, 1.807) is 0 Å². The molecule has 1 N–H and O–H groups in total. The standard InChI is InChI=1S/C20H23N5O/c1-11-6-14(11)19-22-12(2)7-18(24-19)25-10-20(4-5-20)15-9-21-17(8-16(15)25)23-13(3)26/h7-9,11,14H,4-6,10H2,1-3H3,(H,21,23,26). The van der Waals surface area contributed by atoms with Crippen molar-refractivity contribution >= 4 is 23.2 Å². The Hall–Kier alpha value is -2.50. The minimum absolute atomic E-state index is 0.106. The number of hydrogen-bond acceptors (Lipinski definition) is 5. The van der Waals surface area contributed by atoms with Crippen molar-refractivity contribution in [2.45, 2.75) is 51.4 Å². The summed E-state index contributed by atoms with van der Waals surface area (Å²) < 4.78 is 0. The first-order valence-electron chi connectivity index (χ1n) is 9.36. The summed E-state index contributed by atoms with van der Waals surface area (Å²) in [7, 11) is 0. The lowest BCUT2D eigenvalue weighted by Crippen LogP contribution is -2.21. The highest BCUT2D eigenvalue weighted by Gasteiger charge is 2.52. The summed E-state index contributed by atoms with van der Waals surface area (Å²) in [6.45, 7) is 6.74. The molecular formula is C20H23N5O. The van der Waals surface area contributed by atoms with Crippen molar-refractivity contribution in [1.29, 1.82) is 0 Å². The summed E-state index contributed by atoms with van der Waals surface area (Å²) in [4.78, 5) is 27.8. The minimum atomic E-state index is -0.106. The molecule has 0 aromatic carbocycles. The second-order valence-corrected chi connectivity index (χ2v) is 8.18. The van der Waals surface area contributed by atoms with E-state index in [-0.39, 0.29) is 11.3 Å². The Balaban J connectivity index is 1.57. The number of nitrogens with one attached hydrogen (secondary N) is 1. The van der Waals surface area contributed by atoms with Crippen LogP contribution in [0.15, 0.2) is 18.3 Å². The third-order valence-electron chi connectivity index (χ3n) is 5.94. The molecule has 6 nitrogen and oxygen atoms in total. The van der Waals surface area contributed by atoms with Crippen molar-refractivity contribution in [3.8, 4) is 0 Å². The number of amides is 1. The van der Waals surface area contributed by atoms with Gasteiger partial charge in [-0.3, -0.25) is 4.79 Å². The summed E-state index contributed by atoms with van der Waals surface area (Å²) in [5, 5.41) is 2.80. The van der Waals surface area contributed by atoms with Gasteiger partial charge in [-0.25, -0.2) is 15.0 Å². The fourth-order valence-corrected chi connectivity index (χ4v) is 4.14. The van der Waals surface area contributed by atoms with E-state index in [1.165, 1.54) is 31.7 Å². The lowest BCUT2D eigenvalue weighted by Gasteiger charge is -2.20. The molecule has 2 atom stereocenters. The number of hydrogen-bond donors (Lipinski definition) is 1. The SMILES string of the molecule is CC(=O)Nc1cc2c(cn1)C1(CC1)CN2c1cc(C)nc(C2CC2C)n1. The first-order valence-corrected chi connectivity index (χ1v) is 9.36. The molecule has 0 saturated heterocycles. The predicted molar refractivity (Wildman–Crippen MR) is 99.7 cm³/mol. The van der Waals surface area contributed by atoms with Gasteiger partial charge in [-0.2, -0.15) is 0 Å². The number of aryl methyl sites for hydroxylation is 1. The summed E-state index contributed by atoms with van der Waals surface area (Å²) in [6, 6.07) is 4.06. The summed E-state index contributed by atoms with van der Waals surface area (Å²) in [5.41, 5.74) is 3.63. The zero-order chi connectivity index (χ0) is 18.1. The van der Waals surface area contributed by atoms with E-state index >= 15 is 0 Å². The van der Waals surface area contributed by atoms with Gasteiger partial charge in [0.25, 0.3) is 0 Å². The van der Waals surface area contributed by atoms with Crippen LogP contribution in [0.3, 0.4) is 0 Å². The molecule has 6 heteroatoms. The molecule has 2 unspecified atom stereocenters. The van der Waals surface area contributed by atoms with E-state index in [0.29, 0.717) is 17.7 Å². The van der Waals surface area contributed by atoms with E-state index < -0.39 is 0 Å². The summed E-state index contributed by atoms with van der Waals surface area (Å²) in [6.07, 6.45) is 5.49. The molecule has 2 saturated carbocycles. The van der Waals surface area contributed by atoms with Crippen LogP contribution in [-0.2, 0) is 10.2 Å². The molecule has 3 aliphatic rings. The molecule has 2 aromatic rings. The van der Waals surface area contributed by atoms with E-state index in [9.17, 15) is 4.79 Å². The van der Waals surface area contributed by atoms with Crippen molar-refractivity contribution < 1.29 is 4.79 Å². The zero-order valence-electron chi connectivity index (χ0n) is 15.4. The maximum atomic E-state index is 11.4. The third kappa shape index (κ3) is 2.47. The Morgan fingerprint density at radius 1 is 1.31 bits per heavy atom. The summed E-state index contributed by atoms with van der Waals surface area (Å²) in [5.74, 6) is 3.61. The number of anilines is 3. The number of carbonyl (C=O) groups excluding carboxylic acids is 1. The van der Waals surface area contributed by atoms with Gasteiger partial charge in [0.2, 0.25) is 5.91 Å². The fourth-order valence-electron chi connectivity index (χ4n) is 4.14. The van der Waals surface area contributed by atoms with E-state index in [2.05, 4.69) is 33.2 Å². The highest BCUT2D eigenvalue weighted by Crippen LogP contribution is 2.58. The van der Waals surface area contributed by atoms with Gasteiger partial charge < -0.3 is 10.2 Å². The van der Waals surface area contributed by atoms with Gasteiger partial charge in [-0.15, -0.1) is 0 Å². The van der Waals surface area contributed by atoms with Gasteiger partial charge >= 0.3 is 0 Å². The molecular weight excluding hydrogens is 326 g/mol. The number of carbonyl (C=O) groups is 1. The molecule has 2 fully saturated rings. The molecule has 0 bridgehead atoms. The van der Waals surface area contributed by atoms with Crippen molar-refractivity contribution in [3.05, 3.63) is 35.4 Å². The molecule has 2 aromatic heterocycles. The first kappa shape index (κ1) is 15.7. The fraction of sp³-hybridized carbons (Fsp3) is 0.500. The highest BCUT2D eigenvalue weighted by molar-refractivity contribution is 5.89. The van der Waals surface area contributed by atoms with E-state index in [4.69, 9.17) is 4.98 Å². The second-order valence-electron chi connectivity index (χ2n) is 8.18. The smallest absolute Gasteiger partial charge is 0.222 e. The van der Waals surface area contributed by atoms with Gasteiger partial charge in [0.1, 0.15) is 17.5 Å². The van der Waals surface area contributed by atoms with Crippen LogP contribution in [-0.4, -0.2) is 27.4 Å². The number of nitrogens with zero attached hydrogens (tertiary/aromatic N) is 4. The molecule has 26 heavy (non-hydrogen) atoms. The van der Waals surface area contributed by atoms with Gasteiger partial charge in [-0.05, 0) is 32.1 Å². The molecule has 1 spiro atoms. The molecule has 1 aliphatic heterocycles. The number of rotatable bonds is 3. The first-order chi connectivity index (χ1) is 12.4. The molecule has 134 valence electrons. The van der Waals surface area contributed by atoms with Crippen LogP contribution in [0.1, 0.15) is 56.1 Å². The van der Waals surface area contributed by atoms with Crippen molar-refractivity contribution in [2.75, 3.05) is 16.8 Å². The third-order valence-corrected chi connectivity index (χ3v) is 5.94.